The monoisotopic (exact) mass is 247 g/mol. The van der Waals surface area contributed by atoms with Gasteiger partial charge in [-0.15, -0.1) is 0 Å². The highest BCUT2D eigenvalue weighted by Gasteiger charge is 2.06. The van der Waals surface area contributed by atoms with Crippen LogP contribution in [-0.2, 0) is 4.74 Å². The lowest BCUT2D eigenvalue weighted by atomic mass is 10.2. The quantitative estimate of drug-likeness (QED) is 0.811. The van der Waals surface area contributed by atoms with Crippen molar-refractivity contribution in [3.05, 3.63) is 34.6 Å². The number of para-hydroxylation sites is 1. The lowest BCUT2D eigenvalue weighted by Crippen LogP contribution is -2.26. The van der Waals surface area contributed by atoms with Gasteiger partial charge in [0.2, 0.25) is 5.95 Å². The van der Waals surface area contributed by atoms with Crippen molar-refractivity contribution >= 4 is 16.9 Å². The molecule has 0 aliphatic rings. The third-order valence-corrected chi connectivity index (χ3v) is 2.74. The number of hydrogen-bond donors (Lipinski definition) is 1. The molecule has 96 valence electrons. The third-order valence-electron chi connectivity index (χ3n) is 2.74. The van der Waals surface area contributed by atoms with Crippen LogP contribution in [0.3, 0.4) is 0 Å². The van der Waals surface area contributed by atoms with Crippen LogP contribution in [0.1, 0.15) is 6.92 Å². The fraction of sp³-hybridized carbons (Fsp3) is 0.385. The molecule has 0 radical (unpaired) electrons. The molecule has 5 heteroatoms. The molecule has 0 fully saturated rings. The van der Waals surface area contributed by atoms with Crippen molar-refractivity contribution in [3.8, 4) is 0 Å². The molecule has 0 saturated carbocycles. The molecule has 1 aromatic carbocycles. The number of nitrogens with zero attached hydrogens (tertiary/aromatic N) is 2. The van der Waals surface area contributed by atoms with Crippen LogP contribution < -0.4 is 10.5 Å². The Balaban J connectivity index is 2.26. The summed E-state index contributed by atoms with van der Waals surface area (Å²) < 4.78 is 5.28. The van der Waals surface area contributed by atoms with E-state index in [1.54, 1.807) is 6.07 Å². The van der Waals surface area contributed by atoms with Gasteiger partial charge in [0.1, 0.15) is 0 Å². The van der Waals surface area contributed by atoms with E-state index < -0.39 is 0 Å². The van der Waals surface area contributed by atoms with Gasteiger partial charge in [-0.25, -0.2) is 4.98 Å². The smallest absolute Gasteiger partial charge is 0.260 e. The lowest BCUT2D eigenvalue weighted by molar-refractivity contribution is 0.154. The number of H-pyrrole nitrogens is 1. The molecule has 18 heavy (non-hydrogen) atoms. The summed E-state index contributed by atoms with van der Waals surface area (Å²) in [6, 6.07) is 7.31. The van der Waals surface area contributed by atoms with Crippen LogP contribution in [0.15, 0.2) is 29.1 Å². The predicted octanol–water partition coefficient (Wildman–Crippen LogP) is 1.40. The Morgan fingerprint density at radius 3 is 2.94 bits per heavy atom. The third kappa shape index (κ3) is 2.68. The zero-order valence-electron chi connectivity index (χ0n) is 10.6. The number of rotatable bonds is 5. The van der Waals surface area contributed by atoms with E-state index in [1.807, 2.05) is 37.1 Å². The number of nitrogens with one attached hydrogen (secondary N) is 1. The molecule has 5 nitrogen and oxygen atoms in total. The van der Waals surface area contributed by atoms with Gasteiger partial charge in [0.25, 0.3) is 5.56 Å². The molecule has 0 spiro atoms. The standard InChI is InChI=1S/C13H17N3O2/c1-3-18-9-8-16(2)13-14-11-7-5-4-6-10(11)12(17)15-13/h4-7H,3,8-9H2,1-2H3,(H,14,15,17). The first-order valence-electron chi connectivity index (χ1n) is 6.00. The summed E-state index contributed by atoms with van der Waals surface area (Å²) in [6.45, 7) is 3.95. The first kappa shape index (κ1) is 12.6. The Bertz CT molecular complexity index is 580. The first-order chi connectivity index (χ1) is 8.72. The van der Waals surface area contributed by atoms with E-state index in [0.717, 1.165) is 0 Å². The van der Waals surface area contributed by atoms with Gasteiger partial charge in [-0.05, 0) is 19.1 Å². The van der Waals surface area contributed by atoms with Crippen LogP contribution in [-0.4, -0.2) is 36.8 Å². The van der Waals surface area contributed by atoms with Gasteiger partial charge in [0, 0.05) is 20.2 Å². The predicted molar refractivity (Wildman–Crippen MR) is 72.1 cm³/mol. The van der Waals surface area contributed by atoms with E-state index in [0.29, 0.717) is 36.6 Å². The van der Waals surface area contributed by atoms with Crippen molar-refractivity contribution in [1.82, 2.24) is 9.97 Å². The summed E-state index contributed by atoms with van der Waals surface area (Å²) in [5.41, 5.74) is 0.596. The van der Waals surface area contributed by atoms with E-state index >= 15 is 0 Å². The molecule has 0 unspecified atom stereocenters. The minimum Gasteiger partial charge on any atom is -0.380 e. The minimum absolute atomic E-state index is 0.112. The highest BCUT2D eigenvalue weighted by molar-refractivity contribution is 5.78. The van der Waals surface area contributed by atoms with Crippen LogP contribution in [0.5, 0.6) is 0 Å². The Hall–Kier alpha value is -1.88. The second-order valence-electron chi connectivity index (χ2n) is 4.03. The average molecular weight is 247 g/mol. The summed E-state index contributed by atoms with van der Waals surface area (Å²) in [5.74, 6) is 0.568. The highest BCUT2D eigenvalue weighted by atomic mass is 16.5. The fourth-order valence-electron chi connectivity index (χ4n) is 1.71. The molecule has 1 N–H and O–H groups in total. The van der Waals surface area contributed by atoms with Crippen LogP contribution in [0.25, 0.3) is 10.9 Å². The molecule has 1 aromatic heterocycles. The van der Waals surface area contributed by atoms with E-state index in [1.165, 1.54) is 0 Å². The first-order valence-corrected chi connectivity index (χ1v) is 6.00. The average Bonchev–Trinajstić information content (AvgIpc) is 2.39. The number of aromatic nitrogens is 2. The molecule has 2 rings (SSSR count). The van der Waals surface area contributed by atoms with Crippen LogP contribution >= 0.6 is 0 Å². The maximum Gasteiger partial charge on any atom is 0.260 e. The Morgan fingerprint density at radius 2 is 2.17 bits per heavy atom. The molecule has 2 aromatic rings. The molecule has 0 atom stereocenters. The molecule has 1 heterocycles. The van der Waals surface area contributed by atoms with Crippen molar-refractivity contribution in [3.63, 3.8) is 0 Å². The number of anilines is 1. The van der Waals surface area contributed by atoms with E-state index in [-0.39, 0.29) is 5.56 Å². The van der Waals surface area contributed by atoms with E-state index in [4.69, 9.17) is 4.74 Å². The number of aromatic amines is 1. The molecule has 0 saturated heterocycles. The maximum absolute atomic E-state index is 11.9. The molecule has 0 aliphatic carbocycles. The van der Waals surface area contributed by atoms with Crippen molar-refractivity contribution in [2.24, 2.45) is 0 Å². The van der Waals surface area contributed by atoms with Gasteiger partial charge in [-0.2, -0.15) is 0 Å². The van der Waals surface area contributed by atoms with Gasteiger partial charge >= 0.3 is 0 Å². The molecule has 0 amide bonds. The molecule has 0 aliphatic heterocycles. The largest absolute Gasteiger partial charge is 0.380 e. The second kappa shape index (κ2) is 5.64. The normalized spacial score (nSPS) is 10.8. The zero-order valence-corrected chi connectivity index (χ0v) is 10.6. The summed E-state index contributed by atoms with van der Waals surface area (Å²) in [4.78, 5) is 21.0. The van der Waals surface area contributed by atoms with Crippen molar-refractivity contribution in [1.29, 1.82) is 0 Å². The van der Waals surface area contributed by atoms with Gasteiger partial charge in [0.05, 0.1) is 17.5 Å². The molecular weight excluding hydrogens is 230 g/mol. The van der Waals surface area contributed by atoms with Crippen molar-refractivity contribution < 1.29 is 4.74 Å². The van der Waals surface area contributed by atoms with Crippen LogP contribution in [0.4, 0.5) is 5.95 Å². The van der Waals surface area contributed by atoms with Gasteiger partial charge in [-0.1, -0.05) is 12.1 Å². The number of ether oxygens (including phenoxy) is 1. The topological polar surface area (TPSA) is 58.2 Å². The number of fused-ring (bicyclic) bond motifs is 1. The number of hydrogen-bond acceptors (Lipinski definition) is 4. The van der Waals surface area contributed by atoms with Gasteiger partial charge in [-0.3, -0.25) is 9.78 Å². The molecule has 0 bridgehead atoms. The summed E-state index contributed by atoms with van der Waals surface area (Å²) in [7, 11) is 1.88. The Kier molecular flexibility index (Phi) is 3.94. The number of likely N-dealkylation sites (N-methyl/N-ethyl adjacent to an activating group) is 1. The SMILES string of the molecule is CCOCCN(C)c1nc2ccccc2c(=O)[nH]1. The van der Waals surface area contributed by atoms with E-state index in [9.17, 15) is 4.79 Å². The van der Waals surface area contributed by atoms with E-state index in [2.05, 4.69) is 9.97 Å². The summed E-state index contributed by atoms with van der Waals surface area (Å²) in [5, 5.41) is 0.611. The summed E-state index contributed by atoms with van der Waals surface area (Å²) >= 11 is 0. The number of benzene rings is 1. The zero-order chi connectivity index (χ0) is 13.0. The summed E-state index contributed by atoms with van der Waals surface area (Å²) in [6.07, 6.45) is 0. The van der Waals surface area contributed by atoms with Crippen LogP contribution in [0.2, 0.25) is 0 Å². The fourth-order valence-corrected chi connectivity index (χ4v) is 1.71. The van der Waals surface area contributed by atoms with Crippen molar-refractivity contribution in [2.75, 3.05) is 31.7 Å². The lowest BCUT2D eigenvalue weighted by Gasteiger charge is -2.17. The maximum atomic E-state index is 11.9. The minimum atomic E-state index is -0.112. The highest BCUT2D eigenvalue weighted by Crippen LogP contribution is 2.09. The Morgan fingerprint density at radius 1 is 1.39 bits per heavy atom. The molecular formula is C13H17N3O2. The van der Waals surface area contributed by atoms with Crippen molar-refractivity contribution in [2.45, 2.75) is 6.92 Å². The van der Waals surface area contributed by atoms with Gasteiger partial charge < -0.3 is 9.64 Å². The Labute approximate surface area is 105 Å². The van der Waals surface area contributed by atoms with Gasteiger partial charge in [0.15, 0.2) is 0 Å². The second-order valence-corrected chi connectivity index (χ2v) is 4.03. The van der Waals surface area contributed by atoms with Crippen LogP contribution in [0, 0.1) is 0 Å².